The molecule has 3 N–H and O–H groups in total. The van der Waals surface area contributed by atoms with Gasteiger partial charge < -0.3 is 15.5 Å². The average molecular weight is 314 g/mol. The van der Waals surface area contributed by atoms with Crippen LogP contribution in [-0.4, -0.2) is 28.8 Å². The van der Waals surface area contributed by atoms with Crippen molar-refractivity contribution in [3.63, 3.8) is 0 Å². The summed E-state index contributed by atoms with van der Waals surface area (Å²) in [5.74, 6) is -0.518. The van der Waals surface area contributed by atoms with Gasteiger partial charge in [-0.2, -0.15) is 0 Å². The normalized spacial score (nSPS) is 23.0. The monoisotopic (exact) mass is 313 g/mol. The third-order valence-corrected chi connectivity index (χ3v) is 3.80. The lowest BCUT2D eigenvalue weighted by Crippen LogP contribution is -2.14. The van der Waals surface area contributed by atoms with E-state index in [1.807, 2.05) is 6.07 Å². The van der Waals surface area contributed by atoms with Gasteiger partial charge >= 0.3 is 5.97 Å². The number of benzene rings is 1. The Morgan fingerprint density at radius 1 is 1.44 bits per heavy atom. The molecule has 0 radical (unpaired) electrons. The van der Waals surface area contributed by atoms with E-state index in [1.54, 1.807) is 12.1 Å². The van der Waals surface area contributed by atoms with Crippen LogP contribution >= 0.6 is 15.9 Å². The molecule has 0 heterocycles. The highest BCUT2D eigenvalue weighted by Gasteiger charge is 2.22. The summed E-state index contributed by atoms with van der Waals surface area (Å²) in [5, 5.41) is 21.7. The quantitative estimate of drug-likeness (QED) is 0.799. The standard InChI is InChI=1S/C13H16BrNO3/c14-9-2-4-12(11(6-9)13(17)18)15-7-8-1-3-10(16)5-8/h2,4,6,8,10,15-16H,1,3,5,7H2,(H,17,18). The molecule has 4 nitrogen and oxygen atoms in total. The van der Waals surface area contributed by atoms with E-state index in [4.69, 9.17) is 5.11 Å². The third-order valence-electron chi connectivity index (χ3n) is 3.31. The van der Waals surface area contributed by atoms with Gasteiger partial charge in [-0.15, -0.1) is 0 Å². The largest absolute Gasteiger partial charge is 0.478 e. The summed E-state index contributed by atoms with van der Waals surface area (Å²) >= 11 is 3.27. The van der Waals surface area contributed by atoms with Crippen LogP contribution in [0.4, 0.5) is 5.69 Å². The Morgan fingerprint density at radius 2 is 2.22 bits per heavy atom. The lowest BCUT2D eigenvalue weighted by molar-refractivity contribution is 0.0697. The van der Waals surface area contributed by atoms with Crippen LogP contribution in [0.1, 0.15) is 29.6 Å². The molecule has 2 rings (SSSR count). The van der Waals surface area contributed by atoms with Gasteiger partial charge in [-0.25, -0.2) is 4.79 Å². The van der Waals surface area contributed by atoms with Crippen molar-refractivity contribution in [1.29, 1.82) is 0 Å². The van der Waals surface area contributed by atoms with Crippen molar-refractivity contribution in [3.8, 4) is 0 Å². The fourth-order valence-electron chi connectivity index (χ4n) is 2.34. The highest BCUT2D eigenvalue weighted by molar-refractivity contribution is 9.10. The van der Waals surface area contributed by atoms with Crippen LogP contribution in [0, 0.1) is 5.92 Å². The molecule has 1 aliphatic carbocycles. The Labute approximate surface area is 114 Å². The lowest BCUT2D eigenvalue weighted by Gasteiger charge is -2.14. The van der Waals surface area contributed by atoms with Crippen molar-refractivity contribution in [2.24, 2.45) is 5.92 Å². The van der Waals surface area contributed by atoms with Crippen molar-refractivity contribution < 1.29 is 15.0 Å². The molecule has 0 bridgehead atoms. The number of carboxylic acids is 1. The number of hydrogen-bond acceptors (Lipinski definition) is 3. The van der Waals surface area contributed by atoms with E-state index >= 15 is 0 Å². The summed E-state index contributed by atoms with van der Waals surface area (Å²) in [6, 6.07) is 5.17. The number of nitrogens with one attached hydrogen (secondary N) is 1. The minimum atomic E-state index is -0.940. The highest BCUT2D eigenvalue weighted by Crippen LogP contribution is 2.27. The summed E-state index contributed by atoms with van der Waals surface area (Å²) in [5.41, 5.74) is 0.898. The van der Waals surface area contributed by atoms with Crippen LogP contribution in [0.5, 0.6) is 0 Å². The Hall–Kier alpha value is -1.07. The van der Waals surface area contributed by atoms with Gasteiger partial charge in [-0.3, -0.25) is 0 Å². The molecule has 1 aliphatic rings. The van der Waals surface area contributed by atoms with E-state index < -0.39 is 5.97 Å². The molecule has 5 heteroatoms. The Morgan fingerprint density at radius 3 is 2.83 bits per heavy atom. The molecule has 0 saturated heterocycles. The average Bonchev–Trinajstić information content (AvgIpc) is 2.73. The molecule has 1 aromatic carbocycles. The summed E-state index contributed by atoms with van der Waals surface area (Å²) in [7, 11) is 0. The van der Waals surface area contributed by atoms with Crippen LogP contribution in [0.25, 0.3) is 0 Å². The molecule has 0 amide bonds. The van der Waals surface area contributed by atoms with Gasteiger partial charge in [0.1, 0.15) is 0 Å². The maximum Gasteiger partial charge on any atom is 0.337 e. The Kier molecular flexibility index (Phi) is 4.24. The first-order valence-electron chi connectivity index (χ1n) is 6.01. The first kappa shape index (κ1) is 13.4. The SMILES string of the molecule is O=C(O)c1cc(Br)ccc1NCC1CCC(O)C1. The van der Waals surface area contributed by atoms with Crippen LogP contribution < -0.4 is 5.32 Å². The molecule has 98 valence electrons. The molecule has 1 saturated carbocycles. The Balaban J connectivity index is 2.02. The summed E-state index contributed by atoms with van der Waals surface area (Å²) < 4.78 is 0.752. The molecule has 0 aromatic heterocycles. The molecule has 0 spiro atoms. The van der Waals surface area contributed by atoms with Crippen molar-refractivity contribution in [2.75, 3.05) is 11.9 Å². The first-order valence-corrected chi connectivity index (χ1v) is 6.80. The number of hydrogen-bond donors (Lipinski definition) is 3. The predicted molar refractivity (Wildman–Crippen MR) is 72.9 cm³/mol. The summed E-state index contributed by atoms with van der Waals surface area (Å²) in [4.78, 5) is 11.1. The molecule has 2 atom stereocenters. The zero-order chi connectivity index (χ0) is 13.1. The third kappa shape index (κ3) is 3.23. The minimum absolute atomic E-state index is 0.194. The smallest absolute Gasteiger partial charge is 0.337 e. The minimum Gasteiger partial charge on any atom is -0.478 e. The molecule has 18 heavy (non-hydrogen) atoms. The second kappa shape index (κ2) is 5.71. The van der Waals surface area contributed by atoms with Crippen molar-refractivity contribution >= 4 is 27.6 Å². The van der Waals surface area contributed by atoms with E-state index in [1.165, 1.54) is 0 Å². The maximum absolute atomic E-state index is 11.1. The van der Waals surface area contributed by atoms with Gasteiger partial charge in [0.05, 0.1) is 11.7 Å². The zero-order valence-corrected chi connectivity index (χ0v) is 11.5. The topological polar surface area (TPSA) is 69.6 Å². The number of carboxylic acid groups (broad SMARTS) is 1. The summed E-state index contributed by atoms with van der Waals surface area (Å²) in [6.45, 7) is 0.707. The molecule has 1 aromatic rings. The van der Waals surface area contributed by atoms with Gasteiger partial charge in [0.2, 0.25) is 0 Å². The molecule has 1 fully saturated rings. The van der Waals surface area contributed by atoms with E-state index in [2.05, 4.69) is 21.2 Å². The zero-order valence-electron chi connectivity index (χ0n) is 9.90. The van der Waals surface area contributed by atoms with E-state index in [0.29, 0.717) is 18.2 Å². The van der Waals surface area contributed by atoms with Crippen molar-refractivity contribution in [1.82, 2.24) is 0 Å². The molecular weight excluding hydrogens is 298 g/mol. The number of aromatic carboxylic acids is 1. The van der Waals surface area contributed by atoms with Gasteiger partial charge in [0, 0.05) is 16.7 Å². The van der Waals surface area contributed by atoms with Crippen LogP contribution in [0.2, 0.25) is 0 Å². The number of aliphatic hydroxyl groups is 1. The number of aliphatic hydroxyl groups excluding tert-OH is 1. The van der Waals surface area contributed by atoms with Crippen molar-refractivity contribution in [3.05, 3.63) is 28.2 Å². The van der Waals surface area contributed by atoms with Crippen LogP contribution in [0.15, 0.2) is 22.7 Å². The van der Waals surface area contributed by atoms with Crippen LogP contribution in [0.3, 0.4) is 0 Å². The summed E-state index contributed by atoms with van der Waals surface area (Å²) in [6.07, 6.45) is 2.44. The highest BCUT2D eigenvalue weighted by atomic mass is 79.9. The second-order valence-corrected chi connectivity index (χ2v) is 5.62. The van der Waals surface area contributed by atoms with Gasteiger partial charge in [0.15, 0.2) is 0 Å². The fourth-order valence-corrected chi connectivity index (χ4v) is 2.70. The van der Waals surface area contributed by atoms with Gasteiger partial charge in [0.25, 0.3) is 0 Å². The van der Waals surface area contributed by atoms with Crippen molar-refractivity contribution in [2.45, 2.75) is 25.4 Å². The molecule has 0 aliphatic heterocycles. The number of rotatable bonds is 4. The predicted octanol–water partition coefficient (Wildman–Crippen LogP) is 2.72. The fraction of sp³-hybridized carbons (Fsp3) is 0.462. The maximum atomic E-state index is 11.1. The number of halogens is 1. The van der Waals surface area contributed by atoms with E-state index in [0.717, 1.165) is 23.7 Å². The molecular formula is C13H16BrNO3. The molecule has 2 unspecified atom stereocenters. The Bertz CT molecular complexity index is 450. The van der Waals surface area contributed by atoms with Gasteiger partial charge in [-0.1, -0.05) is 15.9 Å². The van der Waals surface area contributed by atoms with E-state index in [-0.39, 0.29) is 11.7 Å². The first-order chi connectivity index (χ1) is 8.56. The second-order valence-electron chi connectivity index (χ2n) is 4.71. The number of anilines is 1. The number of carbonyl (C=O) groups is 1. The van der Waals surface area contributed by atoms with E-state index in [9.17, 15) is 9.90 Å². The van der Waals surface area contributed by atoms with Gasteiger partial charge in [-0.05, 0) is 43.4 Å². The lowest BCUT2D eigenvalue weighted by atomic mass is 10.1. The van der Waals surface area contributed by atoms with Crippen LogP contribution in [-0.2, 0) is 0 Å².